The Bertz CT molecular complexity index is 1060. The van der Waals surface area contributed by atoms with Crippen LogP contribution in [0.2, 0.25) is 0 Å². The third-order valence-electron chi connectivity index (χ3n) is 3.67. The molecule has 5 heteroatoms. The highest BCUT2D eigenvalue weighted by atomic mass is 16.2. The Morgan fingerprint density at radius 3 is 2.88 bits per heavy atom. The average Bonchev–Trinajstić information content (AvgIpc) is 3.08. The molecular formula is C19H23N4O+. The van der Waals surface area contributed by atoms with Gasteiger partial charge in [-0.2, -0.15) is 4.58 Å². The molecule has 0 fully saturated rings. The number of anilines is 1. The molecule has 124 valence electrons. The number of nitrogens with one attached hydrogen (secondary N) is 1. The molecule has 0 saturated heterocycles. The van der Waals surface area contributed by atoms with E-state index in [4.69, 9.17) is 11.0 Å². The van der Waals surface area contributed by atoms with Crippen LogP contribution in [0, 0.1) is 0 Å². The average molecular weight is 331 g/mol. The Morgan fingerprint density at radius 1 is 1.42 bits per heavy atom. The highest BCUT2D eigenvalue weighted by molar-refractivity contribution is 6.00. The van der Waals surface area contributed by atoms with Crippen LogP contribution in [0.1, 0.15) is 36.6 Å². The van der Waals surface area contributed by atoms with Crippen molar-refractivity contribution in [2.75, 3.05) is 19.0 Å². The monoisotopic (exact) mass is 331 g/mol. The molecule has 2 aliphatic heterocycles. The first-order valence-electron chi connectivity index (χ1n) is 11.4. The third kappa shape index (κ3) is 3.15. The van der Waals surface area contributed by atoms with Crippen LogP contribution in [0.15, 0.2) is 52.3 Å². The minimum Gasteiger partial charge on any atom is -0.378 e. The van der Waals surface area contributed by atoms with Crippen LogP contribution in [-0.4, -0.2) is 36.6 Å². The number of carbonyl (C=O) groups excluding carboxylic acids is 1. The standard InChI is InChI=1S/C19H22N4O/c1-13-5-10-17-21-14(2)18(23(17)12-13)19(24)20-11-15-6-8-16(9-7-15)22(3)4/h5-9,12H,10-11H2,1-4H3/p+1/i1D3,2D3,5D,10D. The van der Waals surface area contributed by atoms with Gasteiger partial charge in [0.05, 0.1) is 14.0 Å². The lowest BCUT2D eigenvalue weighted by atomic mass is 10.1. The Labute approximate surface area is 153 Å². The number of allylic oxidation sites excluding steroid dienone is 2. The van der Waals surface area contributed by atoms with Gasteiger partial charge in [0.15, 0.2) is 0 Å². The van der Waals surface area contributed by atoms with E-state index >= 15 is 0 Å². The molecule has 24 heavy (non-hydrogen) atoms. The lowest BCUT2D eigenvalue weighted by Crippen LogP contribution is -2.32. The van der Waals surface area contributed by atoms with Gasteiger partial charge in [0, 0.05) is 42.8 Å². The highest BCUT2D eigenvalue weighted by Gasteiger charge is 2.35. The quantitative estimate of drug-likeness (QED) is 0.862. The second-order valence-corrected chi connectivity index (χ2v) is 5.61. The zero-order valence-electron chi connectivity index (χ0n) is 21.4. The summed E-state index contributed by atoms with van der Waals surface area (Å²) in [4.78, 5) is 18.9. The number of amides is 1. The molecule has 5 nitrogen and oxygen atoms in total. The van der Waals surface area contributed by atoms with Crippen molar-refractivity contribution in [3.63, 3.8) is 0 Å². The normalized spacial score (nSPS) is 25.7. The molecule has 0 aromatic heterocycles. The first kappa shape index (κ1) is 8.97. The van der Waals surface area contributed by atoms with Gasteiger partial charge in [-0.25, -0.2) is 0 Å². The van der Waals surface area contributed by atoms with Gasteiger partial charge in [-0.15, -0.1) is 0 Å². The molecule has 1 aromatic carbocycles. The fourth-order valence-electron chi connectivity index (χ4n) is 2.39. The molecule has 3 rings (SSSR count). The van der Waals surface area contributed by atoms with Crippen LogP contribution in [0.4, 0.5) is 5.69 Å². The summed E-state index contributed by atoms with van der Waals surface area (Å²) >= 11 is 0. The van der Waals surface area contributed by atoms with Crippen molar-refractivity contribution in [1.29, 1.82) is 0 Å². The van der Waals surface area contributed by atoms with Crippen LogP contribution in [-0.2, 0) is 11.3 Å². The molecule has 2 aliphatic rings. The van der Waals surface area contributed by atoms with E-state index in [1.165, 1.54) is 0 Å². The number of aliphatic imine (C=N–C) groups is 1. The number of benzene rings is 1. The Balaban J connectivity index is 1.95. The second-order valence-electron chi connectivity index (χ2n) is 5.61. The van der Waals surface area contributed by atoms with Crippen LogP contribution in [0.25, 0.3) is 0 Å². The van der Waals surface area contributed by atoms with E-state index in [-0.39, 0.29) is 18.1 Å². The van der Waals surface area contributed by atoms with Crippen molar-refractivity contribution in [1.82, 2.24) is 5.32 Å². The van der Waals surface area contributed by atoms with Crippen molar-refractivity contribution in [3.8, 4) is 0 Å². The number of fused-ring (bicyclic) bond motifs is 1. The molecule has 0 radical (unpaired) electrons. The van der Waals surface area contributed by atoms with Gasteiger partial charge in [0.25, 0.3) is 5.91 Å². The summed E-state index contributed by atoms with van der Waals surface area (Å²) in [7, 11) is 3.80. The SMILES string of the molecule is [2H]C1=C(C([2H])([2H])[2H])C=[N+]2C(=NC(C([2H])([2H])[2H])=C2C(=O)NCc2ccc(N(C)C)cc2)C1[2H]. The molecule has 1 N–H and O–H groups in total. The number of amidine groups is 1. The molecule has 0 aliphatic carbocycles. The predicted molar refractivity (Wildman–Crippen MR) is 97.4 cm³/mol. The van der Waals surface area contributed by atoms with Crippen molar-refractivity contribution < 1.29 is 20.3 Å². The maximum atomic E-state index is 13.0. The van der Waals surface area contributed by atoms with Crippen LogP contribution in [0.3, 0.4) is 0 Å². The van der Waals surface area contributed by atoms with E-state index in [0.717, 1.165) is 22.0 Å². The Hall–Kier alpha value is -2.69. The molecule has 1 amide bonds. The summed E-state index contributed by atoms with van der Waals surface area (Å²) in [6.45, 7) is -5.38. The molecule has 2 heterocycles. The van der Waals surface area contributed by atoms with Crippen molar-refractivity contribution in [3.05, 3.63) is 52.8 Å². The van der Waals surface area contributed by atoms with Gasteiger partial charge in [0.1, 0.15) is 0 Å². The maximum Gasteiger partial charge on any atom is 0.308 e. The Morgan fingerprint density at radius 2 is 2.21 bits per heavy atom. The number of hydrogen-bond donors (Lipinski definition) is 1. The van der Waals surface area contributed by atoms with E-state index in [0.29, 0.717) is 0 Å². The number of carbonyl (C=O) groups is 1. The lowest BCUT2D eigenvalue weighted by molar-refractivity contribution is -0.337. The van der Waals surface area contributed by atoms with Crippen molar-refractivity contribution >= 4 is 23.6 Å². The van der Waals surface area contributed by atoms with Crippen LogP contribution >= 0.6 is 0 Å². The maximum absolute atomic E-state index is 13.0. The van der Waals surface area contributed by atoms with E-state index in [2.05, 4.69) is 10.3 Å². The molecule has 0 spiro atoms. The van der Waals surface area contributed by atoms with E-state index < -0.39 is 43.3 Å². The van der Waals surface area contributed by atoms with Gasteiger partial charge in [-0.05, 0) is 35.1 Å². The molecule has 0 saturated carbocycles. The zero-order valence-corrected chi connectivity index (χ0v) is 13.4. The van der Waals surface area contributed by atoms with Crippen LogP contribution in [0.5, 0.6) is 0 Å². The Kier molecular flexibility index (Phi) is 2.40. The van der Waals surface area contributed by atoms with Crippen LogP contribution < -0.4 is 10.2 Å². The van der Waals surface area contributed by atoms with E-state index in [1.54, 1.807) is 0 Å². The molecule has 1 atom stereocenters. The minimum atomic E-state index is -2.78. The minimum absolute atomic E-state index is 0.101. The summed E-state index contributed by atoms with van der Waals surface area (Å²) in [6.07, 6.45) is -0.518. The van der Waals surface area contributed by atoms with Gasteiger partial charge < -0.3 is 10.2 Å². The number of rotatable bonds is 4. The van der Waals surface area contributed by atoms with Crippen molar-refractivity contribution in [2.24, 2.45) is 4.99 Å². The first-order valence-corrected chi connectivity index (χ1v) is 7.37. The fraction of sp³-hybridized carbons (Fsp3) is 0.316. The summed E-state index contributed by atoms with van der Waals surface area (Å²) in [5.74, 6) is -0.956. The molecule has 1 unspecified atom stereocenters. The van der Waals surface area contributed by atoms with Crippen molar-refractivity contribution in [2.45, 2.75) is 26.6 Å². The predicted octanol–water partition coefficient (Wildman–Crippen LogP) is 2.45. The second kappa shape index (κ2) is 6.43. The highest BCUT2D eigenvalue weighted by Crippen LogP contribution is 2.21. The summed E-state index contributed by atoms with van der Waals surface area (Å²) in [5.41, 5.74) is 0.405. The fourth-order valence-corrected chi connectivity index (χ4v) is 2.39. The van der Waals surface area contributed by atoms with Gasteiger partial charge in [-0.3, -0.25) is 4.79 Å². The van der Waals surface area contributed by atoms with Gasteiger partial charge in [0.2, 0.25) is 11.4 Å². The largest absolute Gasteiger partial charge is 0.378 e. The molecular weight excluding hydrogens is 300 g/mol. The van der Waals surface area contributed by atoms with Gasteiger partial charge >= 0.3 is 5.84 Å². The van der Waals surface area contributed by atoms with Gasteiger partial charge in [-0.1, -0.05) is 18.2 Å². The number of hydrogen-bond acceptors (Lipinski definition) is 3. The lowest BCUT2D eigenvalue weighted by Gasteiger charge is -2.13. The number of nitrogens with zero attached hydrogens (tertiary/aromatic N) is 3. The first-order chi connectivity index (χ1) is 14.7. The smallest absolute Gasteiger partial charge is 0.308 e. The summed E-state index contributed by atoms with van der Waals surface area (Å²) < 4.78 is 63.4. The summed E-state index contributed by atoms with van der Waals surface area (Å²) in [5, 5.41) is 2.64. The third-order valence-corrected chi connectivity index (χ3v) is 3.67. The summed E-state index contributed by atoms with van der Waals surface area (Å²) in [6, 6.07) is 6.88. The molecule has 1 aromatic rings. The zero-order chi connectivity index (χ0) is 24.0. The molecule has 0 bridgehead atoms. The van der Waals surface area contributed by atoms with E-state index in [9.17, 15) is 4.79 Å². The topological polar surface area (TPSA) is 47.7 Å². The van der Waals surface area contributed by atoms with E-state index in [1.807, 2.05) is 43.3 Å².